The Morgan fingerprint density at radius 1 is 1.00 bits per heavy atom. The SMILES string of the molecule is O=C(c1cccc(S(=O)(=O)NCc2ccccc2)c1)N1CCN(C2CCS(=O)(=O)C2)CC1. The first-order valence-electron chi connectivity index (χ1n) is 10.6. The predicted molar refractivity (Wildman–Crippen MR) is 121 cm³/mol. The Balaban J connectivity index is 1.38. The van der Waals surface area contributed by atoms with Crippen LogP contribution < -0.4 is 4.72 Å². The van der Waals surface area contributed by atoms with Crippen LogP contribution in [0.25, 0.3) is 0 Å². The van der Waals surface area contributed by atoms with Crippen molar-refractivity contribution in [3.63, 3.8) is 0 Å². The highest BCUT2D eigenvalue weighted by molar-refractivity contribution is 7.91. The zero-order valence-corrected chi connectivity index (χ0v) is 19.3. The van der Waals surface area contributed by atoms with Gasteiger partial charge in [-0.15, -0.1) is 0 Å². The second kappa shape index (κ2) is 9.30. The average molecular weight is 478 g/mol. The van der Waals surface area contributed by atoms with Gasteiger partial charge in [0.25, 0.3) is 5.91 Å². The Hall–Kier alpha value is -2.27. The van der Waals surface area contributed by atoms with Gasteiger partial charge in [0, 0.05) is 44.3 Å². The normalized spacial score (nSPS) is 21.5. The van der Waals surface area contributed by atoms with Crippen LogP contribution in [0.15, 0.2) is 59.5 Å². The van der Waals surface area contributed by atoms with Crippen molar-refractivity contribution >= 4 is 25.8 Å². The molecule has 32 heavy (non-hydrogen) atoms. The molecule has 1 unspecified atom stereocenters. The van der Waals surface area contributed by atoms with Crippen LogP contribution in [-0.2, 0) is 26.4 Å². The van der Waals surface area contributed by atoms with Gasteiger partial charge in [0.15, 0.2) is 9.84 Å². The van der Waals surface area contributed by atoms with E-state index in [2.05, 4.69) is 9.62 Å². The first-order chi connectivity index (χ1) is 15.2. The summed E-state index contributed by atoms with van der Waals surface area (Å²) in [5, 5.41) is 0. The number of hydrogen-bond donors (Lipinski definition) is 1. The van der Waals surface area contributed by atoms with E-state index in [1.807, 2.05) is 30.3 Å². The lowest BCUT2D eigenvalue weighted by Crippen LogP contribution is -2.52. The number of benzene rings is 2. The number of nitrogens with one attached hydrogen (secondary N) is 1. The number of sulfonamides is 1. The molecule has 1 N–H and O–H groups in total. The first kappa shape index (κ1) is 22.9. The summed E-state index contributed by atoms with van der Waals surface area (Å²) >= 11 is 0. The third kappa shape index (κ3) is 5.37. The van der Waals surface area contributed by atoms with Crippen LogP contribution >= 0.6 is 0 Å². The Labute approximate surface area is 189 Å². The van der Waals surface area contributed by atoms with E-state index in [-0.39, 0.29) is 34.9 Å². The Bertz CT molecular complexity index is 1180. The lowest BCUT2D eigenvalue weighted by molar-refractivity contribution is 0.0587. The van der Waals surface area contributed by atoms with Crippen LogP contribution in [0, 0.1) is 0 Å². The molecule has 0 saturated carbocycles. The molecule has 0 bridgehead atoms. The fourth-order valence-corrected chi connectivity index (χ4v) is 7.01. The molecule has 2 heterocycles. The minimum absolute atomic E-state index is 0.0291. The maximum atomic E-state index is 13.0. The van der Waals surface area contributed by atoms with Crippen LogP contribution in [-0.4, -0.2) is 76.3 Å². The topological polar surface area (TPSA) is 104 Å². The highest BCUT2D eigenvalue weighted by Gasteiger charge is 2.34. The molecule has 2 aromatic rings. The van der Waals surface area contributed by atoms with Crippen molar-refractivity contribution in [1.82, 2.24) is 14.5 Å². The monoisotopic (exact) mass is 477 g/mol. The van der Waals surface area contributed by atoms with E-state index in [9.17, 15) is 21.6 Å². The van der Waals surface area contributed by atoms with E-state index in [1.54, 1.807) is 17.0 Å². The van der Waals surface area contributed by atoms with Gasteiger partial charge in [-0.1, -0.05) is 36.4 Å². The predicted octanol–water partition coefficient (Wildman–Crippen LogP) is 1.11. The average Bonchev–Trinajstić information content (AvgIpc) is 3.18. The lowest BCUT2D eigenvalue weighted by Gasteiger charge is -2.37. The third-order valence-electron chi connectivity index (χ3n) is 6.03. The fraction of sp³-hybridized carbons (Fsp3) is 0.409. The molecule has 2 aliphatic rings. The number of amides is 1. The minimum atomic E-state index is -3.76. The van der Waals surface area contributed by atoms with Gasteiger partial charge in [-0.25, -0.2) is 21.6 Å². The van der Waals surface area contributed by atoms with E-state index in [4.69, 9.17) is 0 Å². The van der Waals surface area contributed by atoms with E-state index in [0.29, 0.717) is 38.2 Å². The molecule has 10 heteroatoms. The maximum Gasteiger partial charge on any atom is 0.253 e. The van der Waals surface area contributed by atoms with Gasteiger partial charge in [0.1, 0.15) is 0 Å². The molecule has 2 saturated heterocycles. The molecule has 2 fully saturated rings. The van der Waals surface area contributed by atoms with E-state index in [0.717, 1.165) is 5.56 Å². The number of piperazine rings is 1. The van der Waals surface area contributed by atoms with E-state index in [1.165, 1.54) is 12.1 Å². The molecular formula is C22H27N3O5S2. The molecule has 1 atom stereocenters. The number of carbonyl (C=O) groups excluding carboxylic acids is 1. The van der Waals surface area contributed by atoms with Crippen molar-refractivity contribution < 1.29 is 21.6 Å². The smallest absolute Gasteiger partial charge is 0.253 e. The molecule has 0 aromatic heterocycles. The van der Waals surface area contributed by atoms with Gasteiger partial charge in [-0.2, -0.15) is 0 Å². The number of sulfone groups is 1. The first-order valence-corrected chi connectivity index (χ1v) is 13.9. The number of rotatable bonds is 6. The summed E-state index contributed by atoms with van der Waals surface area (Å²) in [4.78, 5) is 16.9. The van der Waals surface area contributed by atoms with E-state index < -0.39 is 19.9 Å². The van der Waals surface area contributed by atoms with E-state index >= 15 is 0 Å². The molecule has 8 nitrogen and oxygen atoms in total. The standard InChI is InChI=1S/C22H27N3O5S2/c26-22(25-12-10-24(11-13-25)20-9-14-31(27,28)17-20)19-7-4-8-21(15-19)32(29,30)23-16-18-5-2-1-3-6-18/h1-8,15,20,23H,9-14,16-17H2. The van der Waals surface area contributed by atoms with Crippen molar-refractivity contribution in [3.05, 3.63) is 65.7 Å². The molecule has 1 amide bonds. The van der Waals surface area contributed by atoms with Crippen molar-refractivity contribution in [2.75, 3.05) is 37.7 Å². The zero-order valence-electron chi connectivity index (χ0n) is 17.7. The molecule has 172 valence electrons. The van der Waals surface area contributed by atoms with Crippen LogP contribution in [0.3, 0.4) is 0 Å². The largest absolute Gasteiger partial charge is 0.336 e. The fourth-order valence-electron chi connectivity index (χ4n) is 4.19. The van der Waals surface area contributed by atoms with Crippen LogP contribution in [0.5, 0.6) is 0 Å². The third-order valence-corrected chi connectivity index (χ3v) is 9.18. The quantitative estimate of drug-likeness (QED) is 0.669. The minimum Gasteiger partial charge on any atom is -0.336 e. The number of hydrogen-bond acceptors (Lipinski definition) is 6. The molecular weight excluding hydrogens is 450 g/mol. The molecule has 0 spiro atoms. The number of nitrogens with zero attached hydrogens (tertiary/aromatic N) is 2. The Morgan fingerprint density at radius 3 is 2.38 bits per heavy atom. The summed E-state index contributed by atoms with van der Waals surface area (Å²) in [6.45, 7) is 2.36. The van der Waals surface area contributed by atoms with Gasteiger partial charge in [0.05, 0.1) is 16.4 Å². The highest BCUT2D eigenvalue weighted by atomic mass is 32.2. The Kier molecular flexibility index (Phi) is 6.66. The molecule has 2 aliphatic heterocycles. The summed E-state index contributed by atoms with van der Waals surface area (Å²) in [5.41, 5.74) is 1.17. The molecule has 4 rings (SSSR count). The second-order valence-electron chi connectivity index (χ2n) is 8.22. The summed E-state index contributed by atoms with van der Waals surface area (Å²) < 4.78 is 51.5. The summed E-state index contributed by atoms with van der Waals surface area (Å²) in [7, 11) is -6.71. The maximum absolute atomic E-state index is 13.0. The molecule has 2 aromatic carbocycles. The highest BCUT2D eigenvalue weighted by Crippen LogP contribution is 2.20. The summed E-state index contributed by atoms with van der Waals surface area (Å²) in [6, 6.07) is 15.3. The van der Waals surface area contributed by atoms with Gasteiger partial charge in [-0.3, -0.25) is 9.69 Å². The van der Waals surface area contributed by atoms with Crippen molar-refractivity contribution in [1.29, 1.82) is 0 Å². The van der Waals surface area contributed by atoms with Crippen LogP contribution in [0.1, 0.15) is 22.3 Å². The summed E-state index contributed by atoms with van der Waals surface area (Å²) in [5.74, 6) is 0.205. The van der Waals surface area contributed by atoms with Crippen molar-refractivity contribution in [3.8, 4) is 0 Å². The van der Waals surface area contributed by atoms with Gasteiger partial charge in [0.2, 0.25) is 10.0 Å². The van der Waals surface area contributed by atoms with Crippen molar-refractivity contribution in [2.24, 2.45) is 0 Å². The zero-order chi connectivity index (χ0) is 22.8. The van der Waals surface area contributed by atoms with Crippen molar-refractivity contribution in [2.45, 2.75) is 23.9 Å². The number of carbonyl (C=O) groups is 1. The second-order valence-corrected chi connectivity index (χ2v) is 12.2. The van der Waals surface area contributed by atoms with Crippen LogP contribution in [0.4, 0.5) is 0 Å². The van der Waals surface area contributed by atoms with Gasteiger partial charge in [-0.05, 0) is 30.2 Å². The van der Waals surface area contributed by atoms with Gasteiger partial charge < -0.3 is 4.90 Å². The van der Waals surface area contributed by atoms with Gasteiger partial charge >= 0.3 is 0 Å². The lowest BCUT2D eigenvalue weighted by atomic mass is 10.1. The van der Waals surface area contributed by atoms with Crippen LogP contribution in [0.2, 0.25) is 0 Å². The molecule has 0 aliphatic carbocycles. The molecule has 0 radical (unpaired) electrons. The Morgan fingerprint density at radius 2 is 1.72 bits per heavy atom. The summed E-state index contributed by atoms with van der Waals surface area (Å²) in [6.07, 6.45) is 0.645.